The van der Waals surface area contributed by atoms with Crippen molar-refractivity contribution in [2.24, 2.45) is 35.5 Å². The Bertz CT molecular complexity index is 2450. The van der Waals surface area contributed by atoms with E-state index in [1.807, 2.05) is 20.8 Å². The van der Waals surface area contributed by atoms with Crippen LogP contribution in [0.2, 0.25) is 0 Å². The number of esters is 1. The predicted molar refractivity (Wildman–Crippen MR) is 311 cm³/mol. The third kappa shape index (κ3) is 18.1. The van der Waals surface area contributed by atoms with Gasteiger partial charge in [0.25, 0.3) is 5.91 Å². The summed E-state index contributed by atoms with van der Waals surface area (Å²) in [5.74, 6) is -11.5. The molecule has 3 rings (SSSR count). The molecule has 1 aromatic rings. The molecule has 0 radical (unpaired) electrons. The first kappa shape index (κ1) is 70.5. The van der Waals surface area contributed by atoms with Crippen molar-refractivity contribution in [1.29, 1.82) is 0 Å². The number of piperidine rings is 1. The monoisotopic (exact) mass is 1170 g/mol. The number of carbonyl (C=O) groups is 11. The maximum atomic E-state index is 15.0. The highest BCUT2D eigenvalue weighted by Gasteiger charge is 2.46. The fraction of sp³-hybridized carbons (Fsp3) is 0.717. The Balaban J connectivity index is 2.33. The minimum atomic E-state index is -1.69. The van der Waals surface area contributed by atoms with E-state index in [9.17, 15) is 57.8 Å². The molecule has 466 valence electrons. The normalized spacial score (nSPS) is 26.3. The average molecular weight is 1170 g/mol. The molecule has 23 heteroatoms. The lowest BCUT2D eigenvalue weighted by molar-refractivity contribution is -0.169. The summed E-state index contributed by atoms with van der Waals surface area (Å²) in [6, 6.07) is -3.74. The van der Waals surface area contributed by atoms with Gasteiger partial charge in [-0.05, 0) is 78.9 Å². The van der Waals surface area contributed by atoms with Crippen LogP contribution in [0.25, 0.3) is 0 Å². The van der Waals surface area contributed by atoms with Gasteiger partial charge in [0.2, 0.25) is 47.3 Å². The highest BCUT2D eigenvalue weighted by Crippen LogP contribution is 2.27. The summed E-state index contributed by atoms with van der Waals surface area (Å²) in [6.07, 6.45) is -0.439. The number of rotatable bonds is 14. The highest BCUT2D eigenvalue weighted by molar-refractivity contribution is 5.99. The number of fused-ring (bicyclic) bond motifs is 1. The Labute approximate surface area is 491 Å². The molecule has 11 atom stereocenters. The number of aliphatic carboxylic acids is 1. The van der Waals surface area contributed by atoms with Gasteiger partial charge in [-0.3, -0.25) is 47.9 Å². The van der Waals surface area contributed by atoms with Crippen LogP contribution in [0.1, 0.15) is 134 Å². The summed E-state index contributed by atoms with van der Waals surface area (Å²) < 4.78 is 11.5. The van der Waals surface area contributed by atoms with Crippen molar-refractivity contribution < 1.29 is 67.3 Å². The second kappa shape index (κ2) is 31.7. The van der Waals surface area contributed by atoms with Gasteiger partial charge in [0.1, 0.15) is 54.1 Å². The van der Waals surface area contributed by atoms with Crippen molar-refractivity contribution in [2.45, 2.75) is 189 Å². The topological polar surface area (TPSA) is 282 Å². The predicted octanol–water partition coefficient (Wildman–Crippen LogP) is 3.35. The van der Waals surface area contributed by atoms with Crippen molar-refractivity contribution >= 4 is 65.1 Å². The van der Waals surface area contributed by atoms with Crippen LogP contribution in [0.4, 0.5) is 0 Å². The van der Waals surface area contributed by atoms with E-state index in [0.29, 0.717) is 37.0 Å². The van der Waals surface area contributed by atoms with E-state index in [1.54, 1.807) is 86.6 Å². The van der Waals surface area contributed by atoms with Crippen LogP contribution in [0.5, 0.6) is 5.75 Å². The maximum absolute atomic E-state index is 15.0. The highest BCUT2D eigenvalue weighted by atomic mass is 16.6. The van der Waals surface area contributed by atoms with Crippen LogP contribution in [-0.4, -0.2) is 209 Å². The molecule has 2 fully saturated rings. The van der Waals surface area contributed by atoms with Gasteiger partial charge in [0.05, 0.1) is 20.1 Å². The summed E-state index contributed by atoms with van der Waals surface area (Å²) in [5, 5.41) is 18.5. The number of hydrogen-bond acceptors (Lipinski definition) is 13. The molecule has 4 N–H and O–H groups in total. The summed E-state index contributed by atoms with van der Waals surface area (Å²) in [7, 11) is 8.30. The Morgan fingerprint density at radius 2 is 1.13 bits per heavy atom. The quantitative estimate of drug-likeness (QED) is 0.195. The van der Waals surface area contributed by atoms with E-state index in [-0.39, 0.29) is 31.7 Å². The lowest BCUT2D eigenvalue weighted by Gasteiger charge is -2.41. The van der Waals surface area contributed by atoms with Gasteiger partial charge in [-0.25, -0.2) is 4.79 Å². The first-order valence-corrected chi connectivity index (χ1v) is 29.3. The summed E-state index contributed by atoms with van der Waals surface area (Å²) in [5.41, 5.74) is 0.585. The van der Waals surface area contributed by atoms with Crippen molar-refractivity contribution in [1.82, 2.24) is 45.3 Å². The number of cyclic esters (lactones) is 1. The van der Waals surface area contributed by atoms with E-state index in [2.05, 4.69) is 16.0 Å². The lowest BCUT2D eigenvalue weighted by atomic mass is 9.92. The Kier molecular flexibility index (Phi) is 26.9. The molecular weight excluding hydrogens is 1070 g/mol. The van der Waals surface area contributed by atoms with E-state index < -0.39 is 162 Å². The summed E-state index contributed by atoms with van der Waals surface area (Å²) in [6.45, 7) is 20.3. The van der Waals surface area contributed by atoms with Gasteiger partial charge in [-0.1, -0.05) is 108 Å². The molecule has 0 aromatic heterocycles. The van der Waals surface area contributed by atoms with Gasteiger partial charge in [0.15, 0.2) is 6.10 Å². The van der Waals surface area contributed by atoms with E-state index >= 15 is 0 Å². The minimum absolute atomic E-state index is 0.0318. The molecule has 0 aliphatic carbocycles. The number of carbonyl (C=O) groups excluding carboxylic acids is 10. The number of carboxylic acids is 1. The van der Waals surface area contributed by atoms with Crippen LogP contribution >= 0.6 is 0 Å². The average Bonchev–Trinajstić information content (AvgIpc) is 3.64. The number of nitrogens with one attached hydrogen (secondary N) is 3. The van der Waals surface area contributed by atoms with Gasteiger partial charge < -0.3 is 59.9 Å². The van der Waals surface area contributed by atoms with Gasteiger partial charge in [0, 0.05) is 48.2 Å². The third-order valence-electron chi connectivity index (χ3n) is 16.4. The minimum Gasteiger partial charge on any atom is -0.497 e. The molecule has 23 nitrogen and oxygen atoms in total. The number of methoxy groups -OCH3 is 1. The van der Waals surface area contributed by atoms with Gasteiger partial charge in [-0.2, -0.15) is 0 Å². The van der Waals surface area contributed by atoms with Gasteiger partial charge in [-0.15, -0.1) is 0 Å². The van der Waals surface area contributed by atoms with E-state index in [4.69, 9.17) is 9.47 Å². The number of carboxylic acid groups (broad SMARTS) is 1. The SMILES string of the molecule is CC[C@H](C)[C@H]1C(=O)NCC(=O)N(C)[C@@H](C(C)C)C(=O)N[C@@H](Cc2ccc(OC)cc2)C(=O)O[C@H](C(C)C)C(=O)N2CCCC[C@H]2C(=O)N(C)[C@@H](C(C)C)C(=O)N[C@@H](CC(C)C)C(=O)N(C)[C@@H](CC(=O)O)C(=O)N(C)[C@@H]([C@@H](C)CC)C(=O)N1C. The first-order valence-electron chi connectivity index (χ1n) is 29.3. The van der Waals surface area contributed by atoms with Crippen LogP contribution in [-0.2, 0) is 63.9 Å². The second-order valence-electron chi connectivity index (χ2n) is 24.1. The van der Waals surface area contributed by atoms with Gasteiger partial charge >= 0.3 is 11.9 Å². The largest absolute Gasteiger partial charge is 0.497 e. The molecule has 2 aliphatic rings. The fourth-order valence-corrected chi connectivity index (χ4v) is 11.2. The smallest absolute Gasteiger partial charge is 0.329 e. The number of hydrogen-bond donors (Lipinski definition) is 4. The lowest BCUT2D eigenvalue weighted by Crippen LogP contribution is -2.63. The Hall–Kier alpha value is -6.81. The van der Waals surface area contributed by atoms with Crippen molar-refractivity contribution in [3.63, 3.8) is 0 Å². The van der Waals surface area contributed by atoms with Crippen molar-refractivity contribution in [2.75, 3.05) is 55.4 Å². The van der Waals surface area contributed by atoms with E-state index in [1.165, 1.54) is 57.0 Å². The standard InChI is InChI=1S/C60H97N9O14/c1-19-37(11)49-52(73)61-32-45(70)65(14)47(34(5)6)53(74)63-42(30-39-24-26-40(82-18)27-25-39)60(81)83-51(36(9)10)59(80)69-28-22-21-23-43(69)56(77)66(15)48(35(7)8)54(75)62-41(29-33(3)4)55(76)64(13)44(31-46(71)72)57(78)68(17)50(38(12)20-2)58(79)67(49)16/h24-27,33-38,41-44,47-51H,19-23,28-32H2,1-18H3,(H,61,73)(H,62,75)(H,63,74)(H,71,72)/t37-,38-,41-,42-,43-,44-,47-,48-,49-,50-,51+/m0/s1. The molecule has 0 spiro atoms. The number of amides is 9. The van der Waals surface area contributed by atoms with Crippen LogP contribution in [0, 0.1) is 35.5 Å². The molecule has 83 heavy (non-hydrogen) atoms. The molecule has 0 saturated carbocycles. The third-order valence-corrected chi connectivity index (χ3v) is 16.4. The molecule has 2 aliphatic heterocycles. The van der Waals surface area contributed by atoms with Crippen LogP contribution in [0.15, 0.2) is 24.3 Å². The van der Waals surface area contributed by atoms with Crippen molar-refractivity contribution in [3.05, 3.63) is 29.8 Å². The zero-order valence-corrected chi connectivity index (χ0v) is 52.5. The first-order chi connectivity index (χ1) is 38.8. The molecule has 0 bridgehead atoms. The van der Waals surface area contributed by atoms with E-state index in [0.717, 1.165) is 14.7 Å². The number of ether oxygens (including phenoxy) is 2. The molecule has 2 heterocycles. The number of benzene rings is 1. The summed E-state index contributed by atoms with van der Waals surface area (Å²) >= 11 is 0. The maximum Gasteiger partial charge on any atom is 0.329 e. The van der Waals surface area contributed by atoms with Crippen molar-refractivity contribution in [3.8, 4) is 5.75 Å². The molecular formula is C60H97N9O14. The zero-order valence-electron chi connectivity index (χ0n) is 52.5. The number of nitrogens with zero attached hydrogens (tertiary/aromatic N) is 6. The van der Waals surface area contributed by atoms with Crippen LogP contribution < -0.4 is 20.7 Å². The molecule has 2 saturated heterocycles. The Morgan fingerprint density at radius 1 is 0.614 bits per heavy atom. The van der Waals surface area contributed by atoms with Crippen LogP contribution in [0.3, 0.4) is 0 Å². The molecule has 0 unspecified atom stereocenters. The summed E-state index contributed by atoms with van der Waals surface area (Å²) in [4.78, 5) is 167. The Morgan fingerprint density at radius 3 is 1.64 bits per heavy atom. The zero-order chi connectivity index (χ0) is 63.1. The second-order valence-corrected chi connectivity index (χ2v) is 24.1. The fourth-order valence-electron chi connectivity index (χ4n) is 11.2. The number of likely N-dealkylation sites (N-methyl/N-ethyl adjacent to an activating group) is 5. The molecule has 1 aromatic carbocycles. The molecule has 9 amide bonds.